The summed E-state index contributed by atoms with van der Waals surface area (Å²) in [6, 6.07) is 23.4. The normalized spacial score (nSPS) is 13.1. The summed E-state index contributed by atoms with van der Waals surface area (Å²) in [6.07, 6.45) is 0.0733. The zero-order valence-electron chi connectivity index (χ0n) is 23.1. The molecule has 0 saturated carbocycles. The Morgan fingerprint density at radius 3 is 2.36 bits per heavy atom. The molecule has 0 bridgehead atoms. The summed E-state index contributed by atoms with van der Waals surface area (Å²) in [4.78, 5) is 15.3. The Hall–Kier alpha value is -3.40. The summed E-state index contributed by atoms with van der Waals surface area (Å²) < 4.78 is 31.6. The Labute approximate surface area is 232 Å². The molecule has 3 aromatic rings. The number of nitrogens with zero attached hydrogens (tertiary/aromatic N) is 2. The van der Waals surface area contributed by atoms with Crippen LogP contribution in [0.2, 0.25) is 0 Å². The number of nitrogens with one attached hydrogen (secondary N) is 1. The maximum Gasteiger partial charge on any atom is 0.251 e. The molecule has 0 saturated heterocycles. The van der Waals surface area contributed by atoms with Crippen molar-refractivity contribution in [2.75, 3.05) is 37.8 Å². The van der Waals surface area contributed by atoms with Gasteiger partial charge in [0, 0.05) is 25.7 Å². The van der Waals surface area contributed by atoms with Gasteiger partial charge in [0.15, 0.2) is 0 Å². The van der Waals surface area contributed by atoms with E-state index >= 15 is 0 Å². The lowest BCUT2D eigenvalue weighted by atomic mass is 10.00. The largest absolute Gasteiger partial charge is 0.497 e. The number of aliphatic hydroxyl groups is 1. The number of sulfonamides is 1. The quantitative estimate of drug-likeness (QED) is 0.316. The summed E-state index contributed by atoms with van der Waals surface area (Å²) in [7, 11) is 1.55. The molecule has 210 valence electrons. The summed E-state index contributed by atoms with van der Waals surface area (Å²) >= 11 is 0. The molecule has 0 aliphatic rings. The highest BCUT2D eigenvalue weighted by Gasteiger charge is 2.25. The van der Waals surface area contributed by atoms with Gasteiger partial charge in [-0.1, -0.05) is 55.5 Å². The highest BCUT2D eigenvalue weighted by molar-refractivity contribution is 7.92. The van der Waals surface area contributed by atoms with Gasteiger partial charge in [-0.25, -0.2) is 8.42 Å². The first-order valence-electron chi connectivity index (χ1n) is 13.0. The second-order valence-corrected chi connectivity index (χ2v) is 11.8. The molecule has 2 N–H and O–H groups in total. The Kier molecular flexibility index (Phi) is 10.9. The van der Waals surface area contributed by atoms with Crippen LogP contribution in [-0.4, -0.2) is 70.0 Å². The van der Waals surface area contributed by atoms with Crippen LogP contribution in [0.3, 0.4) is 0 Å². The Bertz CT molecular complexity index is 1320. The molecule has 0 heterocycles. The molecule has 39 heavy (non-hydrogen) atoms. The number of anilines is 1. The molecule has 0 unspecified atom stereocenters. The lowest BCUT2D eigenvalue weighted by Gasteiger charge is -2.28. The highest BCUT2D eigenvalue weighted by atomic mass is 32.2. The first-order chi connectivity index (χ1) is 18.6. The van der Waals surface area contributed by atoms with Crippen molar-refractivity contribution >= 4 is 21.6 Å². The summed E-state index contributed by atoms with van der Waals surface area (Å²) in [6.45, 7) is 2.73. The lowest BCUT2D eigenvalue weighted by molar-refractivity contribution is 0.0713. The van der Waals surface area contributed by atoms with Gasteiger partial charge in [0.1, 0.15) is 5.75 Å². The van der Waals surface area contributed by atoms with Crippen molar-refractivity contribution in [2.24, 2.45) is 0 Å². The van der Waals surface area contributed by atoms with Gasteiger partial charge < -0.3 is 15.2 Å². The van der Waals surface area contributed by atoms with Crippen LogP contribution in [0.5, 0.6) is 5.75 Å². The van der Waals surface area contributed by atoms with E-state index in [-0.39, 0.29) is 11.7 Å². The van der Waals surface area contributed by atoms with Gasteiger partial charge >= 0.3 is 0 Å². The zero-order chi connectivity index (χ0) is 28.4. The summed E-state index contributed by atoms with van der Waals surface area (Å²) in [5.41, 5.74) is 2.76. The number of rotatable bonds is 14. The molecule has 0 spiro atoms. The number of hydrogen-bond donors (Lipinski definition) is 2. The third-order valence-corrected chi connectivity index (χ3v) is 8.49. The average molecular weight is 554 g/mol. The standard InChI is InChI=1S/C30H39N3O5S/c1-5-17-39(36,37)33(3)26-15-10-14-25(20-26)30(35)31-28(19-23-11-7-6-8-12-23)29(34)22-32(2)21-24-13-9-16-27(18-24)38-4/h6-16,18,20,28-29,34H,5,17,19,21-22H2,1-4H3,(H,31,35)/t28-,29+/m0/s1. The number of benzene rings is 3. The number of methoxy groups -OCH3 is 1. The van der Waals surface area contributed by atoms with Gasteiger partial charge in [-0.15, -0.1) is 0 Å². The fraction of sp³-hybridized carbons (Fsp3) is 0.367. The van der Waals surface area contributed by atoms with Crippen LogP contribution in [0.1, 0.15) is 34.8 Å². The van der Waals surface area contributed by atoms with E-state index in [2.05, 4.69) is 5.32 Å². The van der Waals surface area contributed by atoms with Crippen LogP contribution in [0.15, 0.2) is 78.9 Å². The Morgan fingerprint density at radius 1 is 0.974 bits per heavy atom. The maximum absolute atomic E-state index is 13.3. The van der Waals surface area contributed by atoms with Gasteiger partial charge in [-0.2, -0.15) is 0 Å². The minimum Gasteiger partial charge on any atom is -0.497 e. The number of carbonyl (C=O) groups is 1. The molecule has 2 atom stereocenters. The van der Waals surface area contributed by atoms with Crippen LogP contribution >= 0.6 is 0 Å². The number of likely N-dealkylation sites (N-methyl/N-ethyl adjacent to an activating group) is 1. The Balaban J connectivity index is 1.76. The minimum atomic E-state index is -3.48. The van der Waals surface area contributed by atoms with E-state index in [0.29, 0.717) is 37.2 Å². The predicted octanol–water partition coefficient (Wildman–Crippen LogP) is 3.71. The number of carbonyl (C=O) groups excluding carboxylic acids is 1. The SMILES string of the molecule is CCCS(=O)(=O)N(C)c1cccc(C(=O)N[C@@H](Cc2ccccc2)[C@H](O)CN(C)Cc2cccc(OC)c2)c1. The third kappa shape index (κ3) is 8.81. The van der Waals surface area contributed by atoms with Crippen molar-refractivity contribution in [3.8, 4) is 5.75 Å². The summed E-state index contributed by atoms with van der Waals surface area (Å²) in [5.74, 6) is 0.411. The van der Waals surface area contributed by atoms with Gasteiger partial charge in [-0.3, -0.25) is 14.0 Å². The van der Waals surface area contributed by atoms with Crippen molar-refractivity contribution in [2.45, 2.75) is 38.5 Å². The van der Waals surface area contributed by atoms with Crippen LogP contribution < -0.4 is 14.4 Å². The topological polar surface area (TPSA) is 99.2 Å². The fourth-order valence-corrected chi connectivity index (χ4v) is 5.62. The van der Waals surface area contributed by atoms with Crippen molar-refractivity contribution in [1.29, 1.82) is 0 Å². The average Bonchev–Trinajstić information content (AvgIpc) is 2.92. The molecular formula is C30H39N3O5S. The first-order valence-corrected chi connectivity index (χ1v) is 14.6. The van der Waals surface area contributed by atoms with E-state index in [1.165, 1.54) is 11.4 Å². The smallest absolute Gasteiger partial charge is 0.251 e. The van der Waals surface area contributed by atoms with E-state index in [9.17, 15) is 18.3 Å². The van der Waals surface area contributed by atoms with Crippen molar-refractivity contribution < 1.29 is 23.1 Å². The van der Waals surface area contributed by atoms with Crippen LogP contribution in [-0.2, 0) is 23.0 Å². The Morgan fingerprint density at radius 2 is 1.67 bits per heavy atom. The fourth-order valence-electron chi connectivity index (χ4n) is 4.40. The number of hydrogen-bond acceptors (Lipinski definition) is 6. The highest BCUT2D eigenvalue weighted by Crippen LogP contribution is 2.20. The van der Waals surface area contributed by atoms with Crippen molar-refractivity contribution in [3.05, 3.63) is 95.6 Å². The van der Waals surface area contributed by atoms with Gasteiger partial charge in [-0.05, 0) is 61.3 Å². The molecule has 1 amide bonds. The number of aliphatic hydroxyl groups excluding tert-OH is 1. The molecule has 9 heteroatoms. The van der Waals surface area contributed by atoms with Crippen LogP contribution in [0, 0.1) is 0 Å². The molecule has 0 aliphatic carbocycles. The maximum atomic E-state index is 13.3. The van der Waals surface area contributed by atoms with Crippen molar-refractivity contribution in [3.63, 3.8) is 0 Å². The van der Waals surface area contributed by atoms with Crippen LogP contribution in [0.25, 0.3) is 0 Å². The minimum absolute atomic E-state index is 0.0224. The third-order valence-electron chi connectivity index (χ3n) is 6.52. The van der Waals surface area contributed by atoms with E-state index in [4.69, 9.17) is 4.74 Å². The van der Waals surface area contributed by atoms with Gasteiger partial charge in [0.25, 0.3) is 5.91 Å². The second kappa shape index (κ2) is 14.1. The van der Waals surface area contributed by atoms with Gasteiger partial charge in [0.05, 0.1) is 30.7 Å². The molecular weight excluding hydrogens is 514 g/mol. The first kappa shape index (κ1) is 30.1. The lowest BCUT2D eigenvalue weighted by Crippen LogP contribution is -2.49. The second-order valence-electron chi connectivity index (χ2n) is 9.72. The van der Waals surface area contributed by atoms with Crippen LogP contribution in [0.4, 0.5) is 5.69 Å². The molecule has 0 radical (unpaired) electrons. The van der Waals surface area contributed by atoms with Gasteiger partial charge in [0.2, 0.25) is 10.0 Å². The van der Waals surface area contributed by atoms with Crippen molar-refractivity contribution in [1.82, 2.24) is 10.2 Å². The molecule has 3 aromatic carbocycles. The summed E-state index contributed by atoms with van der Waals surface area (Å²) in [5, 5.41) is 14.3. The number of ether oxygens (including phenoxy) is 1. The zero-order valence-corrected chi connectivity index (χ0v) is 23.9. The molecule has 0 aromatic heterocycles. The number of amides is 1. The van der Waals surface area contributed by atoms with E-state index in [1.54, 1.807) is 31.4 Å². The van der Waals surface area contributed by atoms with E-state index in [1.807, 2.05) is 73.5 Å². The molecule has 0 fully saturated rings. The van der Waals surface area contributed by atoms with E-state index < -0.39 is 22.2 Å². The molecule has 0 aliphatic heterocycles. The molecule has 3 rings (SSSR count). The monoisotopic (exact) mass is 553 g/mol. The van der Waals surface area contributed by atoms with E-state index in [0.717, 1.165) is 16.9 Å². The predicted molar refractivity (Wildman–Crippen MR) is 156 cm³/mol. The molecule has 8 nitrogen and oxygen atoms in total.